The van der Waals surface area contributed by atoms with E-state index in [0.717, 1.165) is 47.6 Å². The van der Waals surface area contributed by atoms with Gasteiger partial charge in [0.15, 0.2) is 0 Å². The van der Waals surface area contributed by atoms with Gasteiger partial charge in [-0.15, -0.1) is 10.2 Å². The van der Waals surface area contributed by atoms with Gasteiger partial charge in [-0.1, -0.05) is 31.5 Å². The number of aryl methyl sites for hydroxylation is 2. The van der Waals surface area contributed by atoms with Crippen LogP contribution in [-0.2, 0) is 4.79 Å². The zero-order valence-corrected chi connectivity index (χ0v) is 21.1. The number of aliphatic hydroxyl groups is 1. The number of aromatic nitrogens is 3. The quantitative estimate of drug-likeness (QED) is 0.502. The van der Waals surface area contributed by atoms with Crippen LogP contribution in [0.3, 0.4) is 0 Å². The monoisotopic (exact) mass is 464 g/mol. The van der Waals surface area contributed by atoms with Crippen molar-refractivity contribution in [3.05, 3.63) is 41.0 Å². The van der Waals surface area contributed by atoms with E-state index in [-0.39, 0.29) is 23.8 Å². The van der Waals surface area contributed by atoms with Crippen LogP contribution < -0.4 is 5.32 Å². The van der Waals surface area contributed by atoms with Crippen molar-refractivity contribution in [3.8, 4) is 0 Å². The number of carbonyl (C=O) groups excluding carboxylic acids is 1. The van der Waals surface area contributed by atoms with E-state index in [1.807, 2.05) is 19.1 Å². The molecule has 3 aliphatic carbocycles. The Kier molecular flexibility index (Phi) is 6.54. The van der Waals surface area contributed by atoms with Crippen LogP contribution in [0.15, 0.2) is 18.2 Å². The number of carbonyl (C=O) groups is 1. The molecule has 0 aliphatic heterocycles. The topological polar surface area (TPSA) is 80.0 Å². The van der Waals surface area contributed by atoms with Gasteiger partial charge in [0.25, 0.3) is 0 Å². The van der Waals surface area contributed by atoms with Gasteiger partial charge in [-0.05, 0) is 88.2 Å². The highest BCUT2D eigenvalue weighted by molar-refractivity contribution is 5.92. The Morgan fingerprint density at radius 2 is 1.88 bits per heavy atom. The minimum absolute atomic E-state index is 0.00235. The number of benzene rings is 1. The summed E-state index contributed by atoms with van der Waals surface area (Å²) in [6, 6.07) is 6.60. The molecule has 1 aromatic carbocycles. The Morgan fingerprint density at radius 3 is 2.50 bits per heavy atom. The minimum Gasteiger partial charge on any atom is -0.393 e. The van der Waals surface area contributed by atoms with E-state index in [1.165, 1.54) is 37.7 Å². The molecule has 0 saturated heterocycles. The second-order valence-corrected chi connectivity index (χ2v) is 11.7. The number of amides is 1. The normalized spacial score (nSPS) is 27.2. The van der Waals surface area contributed by atoms with Gasteiger partial charge < -0.3 is 15.0 Å². The first-order valence-electron chi connectivity index (χ1n) is 13.3. The lowest BCUT2D eigenvalue weighted by Crippen LogP contribution is -2.36. The zero-order chi connectivity index (χ0) is 24.0. The van der Waals surface area contributed by atoms with Crippen molar-refractivity contribution < 1.29 is 9.90 Å². The zero-order valence-electron chi connectivity index (χ0n) is 21.1. The molecule has 1 aromatic heterocycles. The van der Waals surface area contributed by atoms with Gasteiger partial charge in [0, 0.05) is 30.0 Å². The van der Waals surface area contributed by atoms with Crippen molar-refractivity contribution in [2.75, 3.05) is 5.32 Å². The number of aliphatic hydroxyl groups excluding tert-OH is 1. The summed E-state index contributed by atoms with van der Waals surface area (Å²) < 4.78 is 2.41. The van der Waals surface area contributed by atoms with Crippen LogP contribution in [0, 0.1) is 31.6 Å². The Bertz CT molecular complexity index is 1030. The first-order valence-corrected chi connectivity index (χ1v) is 13.3. The molecular weight excluding hydrogens is 424 g/mol. The van der Waals surface area contributed by atoms with Crippen molar-refractivity contribution in [2.45, 2.75) is 103 Å². The van der Waals surface area contributed by atoms with E-state index in [9.17, 15) is 9.90 Å². The van der Waals surface area contributed by atoms with Crippen molar-refractivity contribution in [2.24, 2.45) is 17.8 Å². The van der Waals surface area contributed by atoms with Crippen LogP contribution in [0.5, 0.6) is 0 Å². The summed E-state index contributed by atoms with van der Waals surface area (Å²) >= 11 is 0. The van der Waals surface area contributed by atoms with Crippen LogP contribution in [-0.4, -0.2) is 31.9 Å². The number of anilines is 1. The molecule has 2 N–H and O–H groups in total. The maximum Gasteiger partial charge on any atom is 0.225 e. The molecule has 1 amide bonds. The summed E-state index contributed by atoms with van der Waals surface area (Å²) in [5.74, 6) is 4.49. The number of hydrogen-bond acceptors (Lipinski definition) is 4. The predicted octanol–water partition coefficient (Wildman–Crippen LogP) is 5.65. The first-order chi connectivity index (χ1) is 16.3. The minimum atomic E-state index is -0.255. The molecule has 0 spiro atoms. The van der Waals surface area contributed by atoms with E-state index in [4.69, 9.17) is 10.2 Å². The second kappa shape index (κ2) is 9.44. The number of hydrogen-bond donors (Lipinski definition) is 2. The SMILES string of the molecule is Cc1ccc(NC(=O)C[C@H](c2nnc(C3CC(CC(C)C)C3)n2C2CC2)C2CC(O)C2)c(C)c1. The van der Waals surface area contributed by atoms with E-state index < -0.39 is 0 Å². The Balaban J connectivity index is 1.35. The van der Waals surface area contributed by atoms with Crippen molar-refractivity contribution in [1.82, 2.24) is 14.8 Å². The third kappa shape index (κ3) is 4.93. The molecule has 3 aliphatic rings. The van der Waals surface area contributed by atoms with Crippen LogP contribution >= 0.6 is 0 Å². The Labute approximate surface area is 203 Å². The number of rotatable bonds is 9. The molecule has 184 valence electrons. The molecule has 0 unspecified atom stereocenters. The molecule has 6 heteroatoms. The van der Waals surface area contributed by atoms with Gasteiger partial charge in [0.1, 0.15) is 11.6 Å². The molecule has 0 bridgehead atoms. The third-order valence-corrected chi connectivity index (χ3v) is 8.18. The van der Waals surface area contributed by atoms with Crippen LogP contribution in [0.1, 0.15) is 106 Å². The lowest BCUT2D eigenvalue weighted by atomic mass is 9.70. The average molecular weight is 465 g/mol. The van der Waals surface area contributed by atoms with E-state index in [1.54, 1.807) is 0 Å². The van der Waals surface area contributed by atoms with E-state index in [0.29, 0.717) is 18.4 Å². The summed E-state index contributed by atoms with van der Waals surface area (Å²) in [5.41, 5.74) is 3.14. The maximum absolute atomic E-state index is 13.2. The van der Waals surface area contributed by atoms with Crippen LogP contribution in [0.25, 0.3) is 0 Å². The Hall–Kier alpha value is -2.21. The van der Waals surface area contributed by atoms with Gasteiger partial charge in [-0.3, -0.25) is 4.79 Å². The highest BCUT2D eigenvalue weighted by Gasteiger charge is 2.43. The fraction of sp³-hybridized carbons (Fsp3) is 0.679. The lowest BCUT2D eigenvalue weighted by molar-refractivity contribution is -0.117. The van der Waals surface area contributed by atoms with E-state index in [2.05, 4.69) is 36.7 Å². The molecule has 0 radical (unpaired) electrons. The van der Waals surface area contributed by atoms with Crippen LogP contribution in [0.2, 0.25) is 0 Å². The summed E-state index contributed by atoms with van der Waals surface area (Å²) in [4.78, 5) is 13.2. The smallest absolute Gasteiger partial charge is 0.225 e. The fourth-order valence-corrected chi connectivity index (χ4v) is 6.14. The predicted molar refractivity (Wildman–Crippen MR) is 134 cm³/mol. The molecule has 34 heavy (non-hydrogen) atoms. The third-order valence-electron chi connectivity index (χ3n) is 8.18. The van der Waals surface area contributed by atoms with Gasteiger partial charge in [-0.25, -0.2) is 0 Å². The maximum atomic E-state index is 13.2. The highest BCUT2D eigenvalue weighted by Crippen LogP contribution is 2.49. The molecule has 1 heterocycles. The van der Waals surface area contributed by atoms with Gasteiger partial charge in [-0.2, -0.15) is 0 Å². The summed E-state index contributed by atoms with van der Waals surface area (Å²) in [5, 5.41) is 22.6. The van der Waals surface area contributed by atoms with Crippen molar-refractivity contribution in [3.63, 3.8) is 0 Å². The number of nitrogens with zero attached hydrogens (tertiary/aromatic N) is 3. The molecule has 5 rings (SSSR count). The fourth-order valence-electron chi connectivity index (χ4n) is 6.14. The highest BCUT2D eigenvalue weighted by atomic mass is 16.3. The first kappa shape index (κ1) is 23.5. The van der Waals surface area contributed by atoms with Crippen molar-refractivity contribution >= 4 is 11.6 Å². The summed E-state index contributed by atoms with van der Waals surface area (Å²) in [7, 11) is 0. The van der Waals surface area contributed by atoms with Gasteiger partial charge >= 0.3 is 0 Å². The summed E-state index contributed by atoms with van der Waals surface area (Å²) in [6.07, 6.45) is 7.69. The molecule has 3 saturated carbocycles. The molecule has 2 aromatic rings. The number of nitrogens with one attached hydrogen (secondary N) is 1. The van der Waals surface area contributed by atoms with E-state index >= 15 is 0 Å². The molecule has 3 fully saturated rings. The van der Waals surface area contributed by atoms with Gasteiger partial charge in [0.2, 0.25) is 5.91 Å². The summed E-state index contributed by atoms with van der Waals surface area (Å²) in [6.45, 7) is 8.70. The lowest BCUT2D eigenvalue weighted by Gasteiger charge is -2.38. The van der Waals surface area contributed by atoms with Gasteiger partial charge in [0.05, 0.1) is 6.10 Å². The standard InChI is InChI=1S/C28H40N4O2/c1-16(2)9-19-11-21(12-19)27-30-31-28(32(27)22-6-7-22)24(20-13-23(33)14-20)15-26(34)29-25-8-5-17(3)10-18(25)4/h5,8,10,16,19-24,33H,6-7,9,11-15H2,1-4H3,(H,29,34)/t19?,20?,21?,23?,24-/m0/s1. The van der Waals surface area contributed by atoms with Crippen LogP contribution in [0.4, 0.5) is 5.69 Å². The molecular formula is C28H40N4O2. The Morgan fingerprint density at radius 1 is 1.15 bits per heavy atom. The molecule has 6 nitrogen and oxygen atoms in total. The second-order valence-electron chi connectivity index (χ2n) is 11.7. The average Bonchev–Trinajstić information content (AvgIpc) is 3.47. The molecule has 1 atom stereocenters. The van der Waals surface area contributed by atoms with Crippen molar-refractivity contribution in [1.29, 1.82) is 0 Å². The largest absolute Gasteiger partial charge is 0.393 e.